The maximum absolute atomic E-state index is 12.2. The molecule has 5 nitrogen and oxygen atoms in total. The molecule has 0 saturated carbocycles. The molecule has 1 aromatic heterocycles. The van der Waals surface area contributed by atoms with E-state index in [4.69, 9.17) is 5.11 Å². The molecule has 0 aliphatic rings. The molecule has 6 heteroatoms. The van der Waals surface area contributed by atoms with Crippen LogP contribution in [-0.4, -0.2) is 44.9 Å². The summed E-state index contributed by atoms with van der Waals surface area (Å²) in [6.45, 7) is 3.03. The third-order valence-corrected chi connectivity index (χ3v) is 4.40. The van der Waals surface area contributed by atoms with Gasteiger partial charge in [0.15, 0.2) is 0 Å². The molecule has 0 unspecified atom stereocenters. The van der Waals surface area contributed by atoms with Crippen LogP contribution >= 0.6 is 11.8 Å². The SMILES string of the molecule is CCN(Cc1cccc(-c2ccncc2)c1)C(=O)CSCC(=O)O. The van der Waals surface area contributed by atoms with Crippen molar-refractivity contribution in [3.63, 3.8) is 0 Å². The van der Waals surface area contributed by atoms with Gasteiger partial charge in [0.1, 0.15) is 0 Å². The van der Waals surface area contributed by atoms with Gasteiger partial charge in [-0.15, -0.1) is 11.8 Å². The Hall–Kier alpha value is -2.34. The van der Waals surface area contributed by atoms with Crippen molar-refractivity contribution in [1.82, 2.24) is 9.88 Å². The van der Waals surface area contributed by atoms with Crippen LogP contribution in [0.5, 0.6) is 0 Å². The van der Waals surface area contributed by atoms with Crippen molar-refractivity contribution in [2.45, 2.75) is 13.5 Å². The van der Waals surface area contributed by atoms with Gasteiger partial charge in [-0.05, 0) is 41.8 Å². The van der Waals surface area contributed by atoms with E-state index in [9.17, 15) is 9.59 Å². The fourth-order valence-electron chi connectivity index (χ4n) is 2.31. The Morgan fingerprint density at radius 1 is 1.12 bits per heavy atom. The van der Waals surface area contributed by atoms with Gasteiger partial charge in [0.05, 0.1) is 11.5 Å². The lowest BCUT2D eigenvalue weighted by Gasteiger charge is -2.21. The Labute approximate surface area is 145 Å². The summed E-state index contributed by atoms with van der Waals surface area (Å²) in [5, 5.41) is 8.65. The van der Waals surface area contributed by atoms with Crippen LogP contribution in [0.1, 0.15) is 12.5 Å². The Bertz CT molecular complexity index is 692. The van der Waals surface area contributed by atoms with E-state index in [1.54, 1.807) is 17.3 Å². The molecule has 0 atom stereocenters. The lowest BCUT2D eigenvalue weighted by atomic mass is 10.0. The van der Waals surface area contributed by atoms with Crippen LogP contribution in [0.4, 0.5) is 0 Å². The second-order valence-electron chi connectivity index (χ2n) is 5.23. The first-order valence-corrected chi connectivity index (χ1v) is 8.82. The Morgan fingerprint density at radius 3 is 2.54 bits per heavy atom. The van der Waals surface area contributed by atoms with Gasteiger partial charge in [0.2, 0.25) is 5.91 Å². The lowest BCUT2D eigenvalue weighted by molar-refractivity contribution is -0.133. The van der Waals surface area contributed by atoms with Crippen molar-refractivity contribution in [3.05, 3.63) is 54.4 Å². The topological polar surface area (TPSA) is 70.5 Å². The molecule has 0 radical (unpaired) electrons. The van der Waals surface area contributed by atoms with Crippen molar-refractivity contribution < 1.29 is 14.7 Å². The number of benzene rings is 1. The van der Waals surface area contributed by atoms with Gasteiger partial charge in [-0.3, -0.25) is 14.6 Å². The first-order valence-electron chi connectivity index (χ1n) is 7.66. The number of aromatic nitrogens is 1. The molecule has 0 spiro atoms. The summed E-state index contributed by atoms with van der Waals surface area (Å²) < 4.78 is 0. The molecule has 0 aliphatic heterocycles. The van der Waals surface area contributed by atoms with Gasteiger partial charge in [-0.25, -0.2) is 0 Å². The first-order chi connectivity index (χ1) is 11.6. The maximum atomic E-state index is 12.2. The van der Waals surface area contributed by atoms with E-state index in [0.29, 0.717) is 13.1 Å². The summed E-state index contributed by atoms with van der Waals surface area (Å²) >= 11 is 1.13. The van der Waals surface area contributed by atoms with Gasteiger partial charge >= 0.3 is 5.97 Å². The van der Waals surface area contributed by atoms with E-state index in [-0.39, 0.29) is 17.4 Å². The number of pyridine rings is 1. The maximum Gasteiger partial charge on any atom is 0.313 e. The van der Waals surface area contributed by atoms with Crippen LogP contribution in [0.15, 0.2) is 48.8 Å². The van der Waals surface area contributed by atoms with E-state index in [2.05, 4.69) is 11.1 Å². The highest BCUT2D eigenvalue weighted by Crippen LogP contribution is 2.20. The molecule has 0 saturated heterocycles. The summed E-state index contributed by atoms with van der Waals surface area (Å²) in [5.74, 6) is -0.815. The summed E-state index contributed by atoms with van der Waals surface area (Å²) in [4.78, 5) is 28.5. The predicted molar refractivity (Wildman–Crippen MR) is 95.7 cm³/mol. The molecule has 24 heavy (non-hydrogen) atoms. The second-order valence-corrected chi connectivity index (χ2v) is 6.22. The highest BCUT2D eigenvalue weighted by atomic mass is 32.2. The van der Waals surface area contributed by atoms with Crippen LogP contribution in [0, 0.1) is 0 Å². The minimum atomic E-state index is -0.902. The smallest absolute Gasteiger partial charge is 0.313 e. The highest BCUT2D eigenvalue weighted by molar-refractivity contribution is 8.00. The van der Waals surface area contributed by atoms with E-state index >= 15 is 0 Å². The average Bonchev–Trinajstić information content (AvgIpc) is 2.60. The molecule has 1 N–H and O–H groups in total. The number of hydrogen-bond acceptors (Lipinski definition) is 4. The highest BCUT2D eigenvalue weighted by Gasteiger charge is 2.13. The number of hydrogen-bond donors (Lipinski definition) is 1. The molecule has 2 aromatic rings. The van der Waals surface area contributed by atoms with Crippen LogP contribution in [0.2, 0.25) is 0 Å². The van der Waals surface area contributed by atoms with Gasteiger partial charge < -0.3 is 10.0 Å². The largest absolute Gasteiger partial charge is 0.481 e. The molecule has 1 amide bonds. The zero-order valence-electron chi connectivity index (χ0n) is 13.5. The fourth-order valence-corrected chi connectivity index (χ4v) is 2.94. The van der Waals surface area contributed by atoms with Crippen LogP contribution in [0.3, 0.4) is 0 Å². The van der Waals surface area contributed by atoms with Crippen molar-refractivity contribution in [3.8, 4) is 11.1 Å². The Morgan fingerprint density at radius 2 is 1.88 bits per heavy atom. The van der Waals surface area contributed by atoms with Gasteiger partial charge in [-0.1, -0.05) is 18.2 Å². The third kappa shape index (κ3) is 5.38. The monoisotopic (exact) mass is 344 g/mol. The first kappa shape index (κ1) is 18.0. The summed E-state index contributed by atoms with van der Waals surface area (Å²) in [6, 6.07) is 12.0. The quantitative estimate of drug-likeness (QED) is 0.797. The number of carboxylic acids is 1. The Balaban J connectivity index is 2.03. The molecule has 2 rings (SSSR count). The van der Waals surface area contributed by atoms with Crippen LogP contribution < -0.4 is 0 Å². The minimum absolute atomic E-state index is 0.0435. The predicted octanol–water partition coefficient (Wildman–Crippen LogP) is 2.91. The standard InChI is InChI=1S/C18H20N2O3S/c1-2-20(17(21)12-24-13-18(22)23)11-14-4-3-5-16(10-14)15-6-8-19-9-7-15/h3-10H,2,11-13H2,1H3,(H,22,23). The lowest BCUT2D eigenvalue weighted by Crippen LogP contribution is -2.32. The van der Waals surface area contributed by atoms with Crippen molar-refractivity contribution >= 4 is 23.6 Å². The fraction of sp³-hybridized carbons (Fsp3) is 0.278. The van der Waals surface area contributed by atoms with E-state index < -0.39 is 5.97 Å². The number of amides is 1. The number of carbonyl (C=O) groups excluding carboxylic acids is 1. The van der Waals surface area contributed by atoms with Crippen LogP contribution in [0.25, 0.3) is 11.1 Å². The molecule has 1 aromatic carbocycles. The molecule has 0 bridgehead atoms. The number of carboxylic acid groups (broad SMARTS) is 1. The molecular formula is C18H20N2O3S. The van der Waals surface area contributed by atoms with Crippen molar-refractivity contribution in [1.29, 1.82) is 0 Å². The molecule has 0 aliphatic carbocycles. The van der Waals surface area contributed by atoms with E-state index in [1.807, 2.05) is 37.3 Å². The van der Waals surface area contributed by atoms with Crippen molar-refractivity contribution in [2.75, 3.05) is 18.1 Å². The average molecular weight is 344 g/mol. The van der Waals surface area contributed by atoms with Crippen molar-refractivity contribution in [2.24, 2.45) is 0 Å². The second kappa shape index (κ2) is 9.08. The molecule has 126 valence electrons. The Kier molecular flexibility index (Phi) is 6.81. The number of rotatable bonds is 8. The molecule has 1 heterocycles. The number of nitrogens with zero attached hydrogens (tertiary/aromatic N) is 2. The van der Waals surface area contributed by atoms with E-state index in [0.717, 1.165) is 28.5 Å². The summed E-state index contributed by atoms with van der Waals surface area (Å²) in [5.41, 5.74) is 3.21. The van der Waals surface area contributed by atoms with Gasteiger partial charge in [0.25, 0.3) is 0 Å². The van der Waals surface area contributed by atoms with E-state index in [1.165, 1.54) is 0 Å². The molecule has 0 fully saturated rings. The zero-order chi connectivity index (χ0) is 17.4. The number of aliphatic carboxylic acids is 1. The summed E-state index contributed by atoms with van der Waals surface area (Å²) in [7, 11) is 0. The summed E-state index contributed by atoms with van der Waals surface area (Å²) in [6.07, 6.45) is 3.51. The number of carbonyl (C=O) groups is 2. The zero-order valence-corrected chi connectivity index (χ0v) is 14.3. The van der Waals surface area contributed by atoms with Gasteiger partial charge in [-0.2, -0.15) is 0 Å². The number of thioether (sulfide) groups is 1. The van der Waals surface area contributed by atoms with Crippen LogP contribution in [-0.2, 0) is 16.1 Å². The van der Waals surface area contributed by atoms with Gasteiger partial charge in [0, 0.05) is 25.5 Å². The minimum Gasteiger partial charge on any atom is -0.481 e. The third-order valence-electron chi connectivity index (χ3n) is 3.50. The molecular weight excluding hydrogens is 324 g/mol. The normalized spacial score (nSPS) is 10.4.